The summed E-state index contributed by atoms with van der Waals surface area (Å²) in [4.78, 5) is 11.3. The van der Waals surface area contributed by atoms with Gasteiger partial charge in [-0.1, -0.05) is 23.7 Å². The first-order valence-corrected chi connectivity index (χ1v) is 5.02. The quantitative estimate of drug-likeness (QED) is 0.689. The first-order valence-electron chi connectivity index (χ1n) is 4.64. The summed E-state index contributed by atoms with van der Waals surface area (Å²) in [5.41, 5.74) is 0.570. The van der Waals surface area contributed by atoms with Gasteiger partial charge in [0.1, 0.15) is 0 Å². The molecule has 2 amide bonds. The smallest absolute Gasteiger partial charge is 0.319 e. The van der Waals surface area contributed by atoms with Crippen molar-refractivity contribution in [3.05, 3.63) is 29.3 Å². The number of benzene rings is 1. The van der Waals surface area contributed by atoms with Crippen LogP contribution in [-0.2, 0) is 0 Å². The summed E-state index contributed by atoms with van der Waals surface area (Å²) < 4.78 is 0. The van der Waals surface area contributed by atoms with E-state index < -0.39 is 0 Å². The van der Waals surface area contributed by atoms with Gasteiger partial charge in [0.15, 0.2) is 0 Å². The Kier molecular flexibility index (Phi) is 4.93. The standard InChI is InChI=1S/C10H13ClN2O2/c11-8-4-1-2-5-9(8)13-10(15)12-6-3-7-14/h1-2,4-5,14H,3,6-7H2,(H2,12,13,15). The number of anilines is 1. The van der Waals surface area contributed by atoms with Crippen LogP contribution < -0.4 is 10.6 Å². The third kappa shape index (κ3) is 4.18. The van der Waals surface area contributed by atoms with E-state index in [9.17, 15) is 4.79 Å². The van der Waals surface area contributed by atoms with Crippen LogP contribution >= 0.6 is 11.6 Å². The number of amides is 2. The highest BCUT2D eigenvalue weighted by atomic mass is 35.5. The van der Waals surface area contributed by atoms with Crippen molar-refractivity contribution in [1.82, 2.24) is 5.32 Å². The van der Waals surface area contributed by atoms with Crippen molar-refractivity contribution in [1.29, 1.82) is 0 Å². The number of rotatable bonds is 4. The van der Waals surface area contributed by atoms with Gasteiger partial charge in [-0.3, -0.25) is 0 Å². The minimum absolute atomic E-state index is 0.0619. The highest BCUT2D eigenvalue weighted by Crippen LogP contribution is 2.19. The number of carbonyl (C=O) groups is 1. The molecule has 0 radical (unpaired) electrons. The lowest BCUT2D eigenvalue weighted by Gasteiger charge is -2.07. The molecule has 3 N–H and O–H groups in total. The molecule has 0 fully saturated rings. The fourth-order valence-corrected chi connectivity index (χ4v) is 1.19. The zero-order valence-corrected chi connectivity index (χ0v) is 8.92. The molecule has 0 heterocycles. The molecule has 0 aliphatic heterocycles. The van der Waals surface area contributed by atoms with E-state index >= 15 is 0 Å². The van der Waals surface area contributed by atoms with Crippen LogP contribution in [0.5, 0.6) is 0 Å². The maximum absolute atomic E-state index is 11.3. The van der Waals surface area contributed by atoms with E-state index in [-0.39, 0.29) is 12.6 Å². The Bertz CT molecular complexity index is 331. The van der Waals surface area contributed by atoms with Crippen molar-refractivity contribution in [2.24, 2.45) is 0 Å². The second kappa shape index (κ2) is 6.27. The van der Waals surface area contributed by atoms with Gasteiger partial charge in [-0.15, -0.1) is 0 Å². The average Bonchev–Trinajstić information content (AvgIpc) is 2.22. The second-order valence-corrected chi connectivity index (χ2v) is 3.35. The van der Waals surface area contributed by atoms with Gasteiger partial charge in [-0.25, -0.2) is 4.79 Å². The van der Waals surface area contributed by atoms with Crippen LogP contribution in [-0.4, -0.2) is 24.3 Å². The Morgan fingerprint density at radius 3 is 2.80 bits per heavy atom. The summed E-state index contributed by atoms with van der Waals surface area (Å²) in [5.74, 6) is 0. The molecule has 0 aliphatic rings. The maximum Gasteiger partial charge on any atom is 0.319 e. The van der Waals surface area contributed by atoms with Gasteiger partial charge >= 0.3 is 6.03 Å². The number of nitrogens with one attached hydrogen (secondary N) is 2. The van der Waals surface area contributed by atoms with Gasteiger partial charge in [-0.2, -0.15) is 0 Å². The maximum atomic E-state index is 11.3. The molecule has 15 heavy (non-hydrogen) atoms. The number of aliphatic hydroxyl groups is 1. The number of halogens is 1. The summed E-state index contributed by atoms with van der Waals surface area (Å²) in [7, 11) is 0. The summed E-state index contributed by atoms with van der Waals surface area (Å²) in [6, 6.07) is 6.67. The molecule has 0 atom stereocenters. The highest BCUT2D eigenvalue weighted by Gasteiger charge is 2.03. The summed E-state index contributed by atoms with van der Waals surface area (Å²) >= 11 is 5.85. The first-order chi connectivity index (χ1) is 7.24. The second-order valence-electron chi connectivity index (χ2n) is 2.94. The first kappa shape index (κ1) is 11.8. The van der Waals surface area contributed by atoms with E-state index in [1.807, 2.05) is 0 Å². The van der Waals surface area contributed by atoms with Gasteiger partial charge in [0, 0.05) is 13.2 Å². The Labute approximate surface area is 93.2 Å². The van der Waals surface area contributed by atoms with Crippen molar-refractivity contribution < 1.29 is 9.90 Å². The topological polar surface area (TPSA) is 61.4 Å². The molecule has 82 valence electrons. The fourth-order valence-electron chi connectivity index (χ4n) is 1.01. The SMILES string of the molecule is O=C(NCCCO)Nc1ccccc1Cl. The van der Waals surface area contributed by atoms with Crippen molar-refractivity contribution in [3.63, 3.8) is 0 Å². The van der Waals surface area contributed by atoms with Crippen LogP contribution in [0.1, 0.15) is 6.42 Å². The van der Waals surface area contributed by atoms with Gasteiger partial charge in [0.2, 0.25) is 0 Å². The molecule has 1 rings (SSSR count). The molecule has 4 nitrogen and oxygen atoms in total. The molecule has 0 aromatic heterocycles. The highest BCUT2D eigenvalue weighted by molar-refractivity contribution is 6.33. The molecule has 0 saturated carbocycles. The van der Waals surface area contributed by atoms with Crippen molar-refractivity contribution in [2.45, 2.75) is 6.42 Å². The van der Waals surface area contributed by atoms with E-state index in [2.05, 4.69) is 10.6 Å². The Hall–Kier alpha value is -1.26. The lowest BCUT2D eigenvalue weighted by Crippen LogP contribution is -2.29. The van der Waals surface area contributed by atoms with Gasteiger partial charge in [0.05, 0.1) is 10.7 Å². The van der Waals surface area contributed by atoms with Crippen LogP contribution in [0, 0.1) is 0 Å². The van der Waals surface area contributed by atoms with Crippen LogP contribution in [0.3, 0.4) is 0 Å². The number of urea groups is 1. The number of hydrogen-bond acceptors (Lipinski definition) is 2. The zero-order chi connectivity index (χ0) is 11.1. The van der Waals surface area contributed by atoms with E-state index in [4.69, 9.17) is 16.7 Å². The molecule has 0 spiro atoms. The predicted octanol–water partition coefficient (Wildman–Crippen LogP) is 1.84. The Morgan fingerprint density at radius 1 is 1.40 bits per heavy atom. The number of carbonyl (C=O) groups excluding carboxylic acids is 1. The monoisotopic (exact) mass is 228 g/mol. The van der Waals surface area contributed by atoms with Crippen LogP contribution in [0.25, 0.3) is 0 Å². The minimum Gasteiger partial charge on any atom is -0.396 e. The van der Waals surface area contributed by atoms with Gasteiger partial charge in [0.25, 0.3) is 0 Å². The minimum atomic E-state index is -0.323. The summed E-state index contributed by atoms with van der Waals surface area (Å²) in [6.07, 6.45) is 0.538. The lowest BCUT2D eigenvalue weighted by molar-refractivity contribution is 0.249. The molecule has 0 saturated heterocycles. The van der Waals surface area contributed by atoms with E-state index in [1.165, 1.54) is 0 Å². The molecule has 0 aliphatic carbocycles. The third-order valence-electron chi connectivity index (χ3n) is 1.74. The van der Waals surface area contributed by atoms with E-state index in [0.717, 1.165) is 0 Å². The zero-order valence-electron chi connectivity index (χ0n) is 8.16. The number of aliphatic hydroxyl groups excluding tert-OH is 1. The Morgan fingerprint density at radius 2 is 2.13 bits per heavy atom. The fraction of sp³-hybridized carbons (Fsp3) is 0.300. The predicted molar refractivity (Wildman–Crippen MR) is 60.2 cm³/mol. The van der Waals surface area contributed by atoms with Gasteiger partial charge in [-0.05, 0) is 18.6 Å². The molecule has 1 aromatic carbocycles. The van der Waals surface area contributed by atoms with Crippen molar-refractivity contribution in [2.75, 3.05) is 18.5 Å². The molecular weight excluding hydrogens is 216 g/mol. The average molecular weight is 229 g/mol. The van der Waals surface area contributed by atoms with E-state index in [1.54, 1.807) is 24.3 Å². The van der Waals surface area contributed by atoms with Crippen molar-refractivity contribution in [3.8, 4) is 0 Å². The van der Waals surface area contributed by atoms with Crippen LogP contribution in [0.4, 0.5) is 10.5 Å². The largest absolute Gasteiger partial charge is 0.396 e. The number of para-hydroxylation sites is 1. The molecule has 1 aromatic rings. The summed E-state index contributed by atoms with van der Waals surface area (Å²) in [6.45, 7) is 0.499. The lowest BCUT2D eigenvalue weighted by atomic mass is 10.3. The number of hydrogen-bond donors (Lipinski definition) is 3. The molecular formula is C10H13ClN2O2. The third-order valence-corrected chi connectivity index (χ3v) is 2.07. The van der Waals surface area contributed by atoms with Crippen LogP contribution in [0.15, 0.2) is 24.3 Å². The molecule has 0 bridgehead atoms. The molecule has 0 unspecified atom stereocenters. The van der Waals surface area contributed by atoms with Gasteiger partial charge < -0.3 is 15.7 Å². The Balaban J connectivity index is 2.41. The normalized spacial score (nSPS) is 9.73. The molecule has 5 heteroatoms. The summed E-state index contributed by atoms with van der Waals surface area (Å²) in [5, 5.41) is 14.2. The van der Waals surface area contributed by atoms with Crippen LogP contribution in [0.2, 0.25) is 5.02 Å². The van der Waals surface area contributed by atoms with E-state index in [0.29, 0.717) is 23.7 Å². The van der Waals surface area contributed by atoms with Crippen molar-refractivity contribution >= 4 is 23.3 Å².